The van der Waals surface area contributed by atoms with Crippen LogP contribution in [-0.2, 0) is 4.79 Å². The van der Waals surface area contributed by atoms with Crippen molar-refractivity contribution < 1.29 is 9.18 Å². The number of nitrogens with zero attached hydrogens (tertiary/aromatic N) is 4. The van der Waals surface area contributed by atoms with Gasteiger partial charge in [0.15, 0.2) is 0 Å². The van der Waals surface area contributed by atoms with Crippen LogP contribution in [-0.4, -0.2) is 31.5 Å². The second-order valence-electron chi connectivity index (χ2n) is 4.73. The Morgan fingerprint density at radius 2 is 2.00 bits per heavy atom. The van der Waals surface area contributed by atoms with Crippen molar-refractivity contribution in [1.29, 1.82) is 0 Å². The summed E-state index contributed by atoms with van der Waals surface area (Å²) in [7, 11) is 0. The van der Waals surface area contributed by atoms with Gasteiger partial charge in [-0.1, -0.05) is 17.8 Å². The van der Waals surface area contributed by atoms with Crippen LogP contribution >= 0.6 is 11.8 Å². The predicted octanol–water partition coefficient (Wildman–Crippen LogP) is 1.92. The molecule has 3 aromatic rings. The van der Waals surface area contributed by atoms with E-state index >= 15 is 0 Å². The molecule has 0 radical (unpaired) electrons. The molecular weight excluding hydrogens is 331 g/mol. The number of halogens is 1. The van der Waals surface area contributed by atoms with E-state index in [1.165, 1.54) is 28.9 Å². The molecule has 3 N–H and O–H groups in total. The van der Waals surface area contributed by atoms with Crippen LogP contribution in [0.5, 0.6) is 0 Å². The molecule has 122 valence electrons. The van der Waals surface area contributed by atoms with Gasteiger partial charge in [-0.05, 0) is 36.4 Å². The molecule has 24 heavy (non-hydrogen) atoms. The van der Waals surface area contributed by atoms with Crippen LogP contribution in [0.15, 0.2) is 53.8 Å². The Kier molecular flexibility index (Phi) is 4.71. The molecule has 2 aromatic heterocycles. The summed E-state index contributed by atoms with van der Waals surface area (Å²) in [6.45, 7) is 0. The van der Waals surface area contributed by atoms with Crippen molar-refractivity contribution in [2.24, 2.45) is 0 Å². The molecule has 0 aliphatic heterocycles. The number of hydrogen-bond donors (Lipinski definition) is 2. The largest absolute Gasteiger partial charge is 0.335 e. The second-order valence-corrected chi connectivity index (χ2v) is 5.68. The molecule has 0 aliphatic rings. The van der Waals surface area contributed by atoms with Gasteiger partial charge in [0.2, 0.25) is 16.9 Å². The number of carbonyl (C=O) groups is 1. The number of aromatic nitrogens is 4. The fraction of sp³-hybridized carbons (Fsp3) is 0.0667. The highest BCUT2D eigenvalue weighted by Crippen LogP contribution is 2.20. The molecule has 0 fully saturated rings. The van der Waals surface area contributed by atoms with E-state index < -0.39 is 0 Å². The summed E-state index contributed by atoms with van der Waals surface area (Å²) < 4.78 is 14.1. The third-order valence-electron chi connectivity index (χ3n) is 3.02. The molecule has 0 atom stereocenters. The summed E-state index contributed by atoms with van der Waals surface area (Å²) in [5, 5.41) is 11.0. The molecule has 3 rings (SSSR count). The quantitative estimate of drug-likeness (QED) is 0.542. The van der Waals surface area contributed by atoms with Gasteiger partial charge < -0.3 is 11.2 Å². The van der Waals surface area contributed by atoms with Crippen molar-refractivity contribution in [2.75, 3.05) is 16.9 Å². The Morgan fingerprint density at radius 3 is 2.71 bits per heavy atom. The SMILES string of the molecule is Nn1c(SCC(=O)Nc2ccc(F)cc2)nnc1-c1ccccn1. The molecule has 0 saturated carbocycles. The Labute approximate surface area is 141 Å². The Hall–Kier alpha value is -2.94. The van der Waals surface area contributed by atoms with Gasteiger partial charge in [-0.3, -0.25) is 9.78 Å². The average molecular weight is 344 g/mol. The molecule has 0 saturated heterocycles. The van der Waals surface area contributed by atoms with Crippen molar-refractivity contribution >= 4 is 23.4 Å². The van der Waals surface area contributed by atoms with Crippen molar-refractivity contribution in [3.05, 3.63) is 54.5 Å². The smallest absolute Gasteiger partial charge is 0.234 e. The maximum Gasteiger partial charge on any atom is 0.234 e. The number of thioether (sulfide) groups is 1. The van der Waals surface area contributed by atoms with Crippen LogP contribution in [0, 0.1) is 5.82 Å². The first-order valence-corrected chi connectivity index (χ1v) is 7.92. The van der Waals surface area contributed by atoms with Crippen molar-refractivity contribution in [3.8, 4) is 11.5 Å². The number of anilines is 1. The molecular formula is C15H13FN6OS. The summed E-state index contributed by atoms with van der Waals surface area (Å²) in [5.41, 5.74) is 1.11. The zero-order valence-electron chi connectivity index (χ0n) is 12.4. The summed E-state index contributed by atoms with van der Waals surface area (Å²) in [4.78, 5) is 16.1. The highest BCUT2D eigenvalue weighted by Gasteiger charge is 2.14. The van der Waals surface area contributed by atoms with E-state index in [0.29, 0.717) is 22.4 Å². The summed E-state index contributed by atoms with van der Waals surface area (Å²) >= 11 is 1.14. The molecule has 1 aromatic carbocycles. The third kappa shape index (κ3) is 3.69. The van der Waals surface area contributed by atoms with Crippen molar-refractivity contribution in [3.63, 3.8) is 0 Å². The minimum atomic E-state index is -0.361. The predicted molar refractivity (Wildman–Crippen MR) is 89.2 cm³/mol. The molecule has 1 amide bonds. The molecule has 0 aliphatic carbocycles. The molecule has 0 bridgehead atoms. The van der Waals surface area contributed by atoms with E-state index in [0.717, 1.165) is 11.8 Å². The Bertz CT molecular complexity index is 837. The number of rotatable bonds is 5. The van der Waals surface area contributed by atoms with Crippen LogP contribution in [0.1, 0.15) is 0 Å². The van der Waals surface area contributed by atoms with E-state index in [2.05, 4.69) is 20.5 Å². The zero-order chi connectivity index (χ0) is 16.9. The topological polar surface area (TPSA) is 98.7 Å². The fourth-order valence-corrected chi connectivity index (χ4v) is 2.56. The van der Waals surface area contributed by atoms with E-state index in [9.17, 15) is 9.18 Å². The normalized spacial score (nSPS) is 10.5. The van der Waals surface area contributed by atoms with Gasteiger partial charge in [-0.2, -0.15) is 0 Å². The third-order valence-corrected chi connectivity index (χ3v) is 3.96. The van der Waals surface area contributed by atoms with Gasteiger partial charge in [0.05, 0.1) is 5.75 Å². The molecule has 7 nitrogen and oxygen atoms in total. The maximum atomic E-state index is 12.8. The summed E-state index contributed by atoms with van der Waals surface area (Å²) in [6.07, 6.45) is 1.63. The number of nitrogen functional groups attached to an aromatic ring is 1. The van der Waals surface area contributed by atoms with Gasteiger partial charge in [0.25, 0.3) is 0 Å². The van der Waals surface area contributed by atoms with Gasteiger partial charge in [0.1, 0.15) is 11.5 Å². The zero-order valence-corrected chi connectivity index (χ0v) is 13.2. The first-order valence-electron chi connectivity index (χ1n) is 6.93. The minimum absolute atomic E-state index is 0.0922. The lowest BCUT2D eigenvalue weighted by atomic mass is 10.3. The molecule has 2 heterocycles. The lowest BCUT2D eigenvalue weighted by molar-refractivity contribution is -0.113. The van der Waals surface area contributed by atoms with Crippen molar-refractivity contribution in [2.45, 2.75) is 5.16 Å². The molecule has 9 heteroatoms. The summed E-state index contributed by atoms with van der Waals surface area (Å²) in [5.74, 6) is 5.84. The Morgan fingerprint density at radius 1 is 1.21 bits per heavy atom. The van der Waals surface area contributed by atoms with Gasteiger partial charge in [-0.25, -0.2) is 9.07 Å². The second kappa shape index (κ2) is 7.09. The molecule has 0 spiro atoms. The number of benzene rings is 1. The van der Waals surface area contributed by atoms with Crippen LogP contribution in [0.25, 0.3) is 11.5 Å². The van der Waals surface area contributed by atoms with Crippen LogP contribution in [0.3, 0.4) is 0 Å². The van der Waals surface area contributed by atoms with E-state index in [1.807, 2.05) is 6.07 Å². The lowest BCUT2D eigenvalue weighted by Gasteiger charge is -2.05. The standard InChI is InChI=1S/C15H13FN6OS/c16-10-4-6-11(7-5-10)19-13(23)9-24-15-21-20-14(22(15)17)12-3-1-2-8-18-12/h1-8H,9,17H2,(H,19,23). The summed E-state index contributed by atoms with van der Waals surface area (Å²) in [6, 6.07) is 10.9. The fourth-order valence-electron chi connectivity index (χ4n) is 1.91. The number of nitrogens with one attached hydrogen (secondary N) is 1. The van der Waals surface area contributed by atoms with Crippen LogP contribution < -0.4 is 11.2 Å². The van der Waals surface area contributed by atoms with Crippen molar-refractivity contribution in [1.82, 2.24) is 19.9 Å². The number of amides is 1. The number of carbonyl (C=O) groups excluding carboxylic acids is 1. The van der Waals surface area contributed by atoms with Gasteiger partial charge >= 0.3 is 0 Å². The van der Waals surface area contributed by atoms with E-state index in [-0.39, 0.29) is 17.5 Å². The minimum Gasteiger partial charge on any atom is -0.335 e. The Balaban J connectivity index is 1.62. The van der Waals surface area contributed by atoms with Crippen LogP contribution in [0.4, 0.5) is 10.1 Å². The van der Waals surface area contributed by atoms with Gasteiger partial charge in [-0.15, -0.1) is 10.2 Å². The monoisotopic (exact) mass is 344 g/mol. The maximum absolute atomic E-state index is 12.8. The lowest BCUT2D eigenvalue weighted by Crippen LogP contribution is -2.16. The average Bonchev–Trinajstić information content (AvgIpc) is 2.97. The number of hydrogen-bond acceptors (Lipinski definition) is 6. The van der Waals surface area contributed by atoms with E-state index in [1.54, 1.807) is 18.3 Å². The van der Waals surface area contributed by atoms with Crippen LogP contribution in [0.2, 0.25) is 0 Å². The first kappa shape index (κ1) is 15.9. The number of nitrogens with two attached hydrogens (primary N) is 1. The highest BCUT2D eigenvalue weighted by atomic mass is 32.2. The molecule has 0 unspecified atom stereocenters. The highest BCUT2D eigenvalue weighted by molar-refractivity contribution is 7.99. The first-order chi connectivity index (χ1) is 11.6. The van der Waals surface area contributed by atoms with E-state index in [4.69, 9.17) is 5.84 Å². The number of pyridine rings is 1. The van der Waals surface area contributed by atoms with Gasteiger partial charge in [0, 0.05) is 11.9 Å².